The molecule has 0 aromatic heterocycles. The van der Waals surface area contributed by atoms with Crippen LogP contribution in [0.15, 0.2) is 0 Å². The molecule has 1 atom stereocenters. The lowest BCUT2D eigenvalue weighted by Crippen LogP contribution is -2.13. The molecule has 0 radical (unpaired) electrons. The molecule has 0 aromatic rings. The van der Waals surface area contributed by atoms with E-state index in [1.54, 1.807) is 0 Å². The Hall–Kier alpha value is -0.0100. The van der Waals surface area contributed by atoms with Crippen LogP contribution in [0.3, 0.4) is 0 Å². The molecule has 0 rings (SSSR count). The molecule has 7 nitrogen and oxygen atoms in total. The molecule has 1 unspecified atom stereocenters. The average Bonchev–Trinajstić information content (AvgIpc) is 2.44. The second-order valence-corrected chi connectivity index (χ2v) is 6.71. The topological polar surface area (TPSA) is 131 Å². The van der Waals surface area contributed by atoms with E-state index in [2.05, 4.69) is 6.92 Å². The van der Waals surface area contributed by atoms with Crippen molar-refractivity contribution in [2.45, 2.75) is 58.3 Å². The number of aliphatic hydroxyl groups excluding tert-OH is 2. The van der Waals surface area contributed by atoms with E-state index in [1.807, 2.05) is 0 Å². The van der Waals surface area contributed by atoms with Gasteiger partial charge in [-0.25, -0.2) is 4.57 Å². The Kier molecular flexibility index (Phi) is 17.5. The molecule has 136 valence electrons. The van der Waals surface area contributed by atoms with Crippen LogP contribution in [0.25, 0.3) is 0 Å². The van der Waals surface area contributed by atoms with Gasteiger partial charge in [-0.3, -0.25) is 9.05 Å². The zero-order chi connectivity index (χ0) is 16.0. The largest absolute Gasteiger partial charge is 0.472 e. The molecule has 0 aromatic carbocycles. The highest BCUT2D eigenvalue weighted by Crippen LogP contribution is 2.44. The summed E-state index contributed by atoms with van der Waals surface area (Å²) in [5, 5.41) is 17.7. The summed E-state index contributed by atoms with van der Waals surface area (Å²) in [4.78, 5) is 9.53. The Labute approximate surface area is 134 Å². The van der Waals surface area contributed by atoms with E-state index in [0.717, 1.165) is 19.3 Å². The monoisotopic (exact) mass is 343 g/mol. The van der Waals surface area contributed by atoms with Crippen LogP contribution in [-0.4, -0.2) is 41.5 Å². The molecular formula is C14H34NO6P. The van der Waals surface area contributed by atoms with Crippen molar-refractivity contribution in [1.82, 2.24) is 6.15 Å². The third-order valence-corrected chi connectivity index (χ3v) is 4.28. The van der Waals surface area contributed by atoms with Crippen molar-refractivity contribution in [1.29, 1.82) is 0 Å². The maximum Gasteiger partial charge on any atom is 0.472 e. The number of hydrogen-bond donors (Lipinski definition) is 4. The molecule has 0 spiro atoms. The van der Waals surface area contributed by atoms with Crippen molar-refractivity contribution in [2.75, 3.05) is 26.4 Å². The fourth-order valence-corrected chi connectivity index (χ4v) is 2.81. The first-order valence-electron chi connectivity index (χ1n) is 7.89. The van der Waals surface area contributed by atoms with Crippen molar-refractivity contribution in [3.05, 3.63) is 0 Å². The molecule has 0 saturated carbocycles. The number of phosphoric ester groups is 1. The Bertz CT molecular complexity index is 274. The van der Waals surface area contributed by atoms with Gasteiger partial charge in [0, 0.05) is 13.2 Å². The highest BCUT2D eigenvalue weighted by atomic mass is 31.2. The summed E-state index contributed by atoms with van der Waals surface area (Å²) in [6, 6.07) is 0. The van der Waals surface area contributed by atoms with E-state index in [4.69, 9.17) is 19.3 Å². The van der Waals surface area contributed by atoms with Gasteiger partial charge < -0.3 is 21.3 Å². The van der Waals surface area contributed by atoms with Crippen LogP contribution in [-0.2, 0) is 13.6 Å². The van der Waals surface area contributed by atoms with Crippen LogP contribution in [0.1, 0.15) is 58.3 Å². The third kappa shape index (κ3) is 14.9. The number of rotatable bonds is 15. The number of aliphatic hydroxyl groups is 2. The predicted molar refractivity (Wildman–Crippen MR) is 87.0 cm³/mol. The van der Waals surface area contributed by atoms with Crippen LogP contribution >= 0.6 is 7.82 Å². The number of hydrogen-bond acceptors (Lipinski definition) is 6. The van der Waals surface area contributed by atoms with Gasteiger partial charge in [-0.1, -0.05) is 39.0 Å². The van der Waals surface area contributed by atoms with E-state index in [9.17, 15) is 9.46 Å². The zero-order valence-corrected chi connectivity index (χ0v) is 14.7. The third-order valence-electron chi connectivity index (χ3n) is 3.30. The van der Waals surface area contributed by atoms with Crippen LogP contribution in [0, 0.1) is 5.92 Å². The summed E-state index contributed by atoms with van der Waals surface area (Å²) in [6.07, 6.45) is 7.30. The lowest BCUT2D eigenvalue weighted by molar-refractivity contribution is 0.109. The SMILES string of the molecule is CCCCCCCCOP(=O)(O)OCC(CCO)CCO.N. The second-order valence-electron chi connectivity index (χ2n) is 5.26. The van der Waals surface area contributed by atoms with E-state index in [-0.39, 0.29) is 38.5 Å². The second kappa shape index (κ2) is 15.9. The van der Waals surface area contributed by atoms with Crippen LogP contribution in [0.4, 0.5) is 0 Å². The van der Waals surface area contributed by atoms with Crippen LogP contribution in [0.5, 0.6) is 0 Å². The van der Waals surface area contributed by atoms with Crippen molar-refractivity contribution >= 4 is 7.82 Å². The van der Waals surface area contributed by atoms with Gasteiger partial charge >= 0.3 is 7.82 Å². The first kappa shape index (κ1) is 24.2. The Morgan fingerprint density at radius 1 is 0.955 bits per heavy atom. The van der Waals surface area contributed by atoms with Gasteiger partial charge in [0.15, 0.2) is 0 Å². The van der Waals surface area contributed by atoms with Gasteiger partial charge in [0.05, 0.1) is 13.2 Å². The minimum absolute atomic E-state index is 0. The Morgan fingerprint density at radius 2 is 1.50 bits per heavy atom. The molecule has 0 aliphatic heterocycles. The van der Waals surface area contributed by atoms with E-state index in [0.29, 0.717) is 12.8 Å². The standard InChI is InChI=1S/C14H31O6P.H3N/c1-2-3-4-5-6-7-12-19-21(17,18)20-13-14(8-10-15)9-11-16;/h14-16H,2-13H2,1H3,(H,17,18);1H3. The summed E-state index contributed by atoms with van der Waals surface area (Å²) in [5.74, 6) is -0.141. The average molecular weight is 343 g/mol. The minimum Gasteiger partial charge on any atom is -0.396 e. The number of phosphoric acid groups is 1. The predicted octanol–water partition coefficient (Wildman–Crippen LogP) is 3.02. The Morgan fingerprint density at radius 3 is 2.05 bits per heavy atom. The summed E-state index contributed by atoms with van der Waals surface area (Å²) in [6.45, 7) is 2.30. The van der Waals surface area contributed by atoms with Gasteiger partial charge in [-0.15, -0.1) is 0 Å². The van der Waals surface area contributed by atoms with E-state index >= 15 is 0 Å². The quantitative estimate of drug-likeness (QED) is 0.265. The lowest BCUT2D eigenvalue weighted by atomic mass is 10.0. The fraction of sp³-hybridized carbons (Fsp3) is 1.00. The normalized spacial score (nSPS) is 13.9. The van der Waals surface area contributed by atoms with Gasteiger partial charge in [0.1, 0.15) is 0 Å². The van der Waals surface area contributed by atoms with Crippen molar-refractivity contribution in [3.63, 3.8) is 0 Å². The Balaban J connectivity index is 0. The summed E-state index contributed by atoms with van der Waals surface area (Å²) in [5.41, 5.74) is 0. The molecule has 22 heavy (non-hydrogen) atoms. The summed E-state index contributed by atoms with van der Waals surface area (Å²) >= 11 is 0. The molecule has 0 amide bonds. The fourth-order valence-electron chi connectivity index (χ4n) is 1.98. The molecule has 0 heterocycles. The number of unbranched alkanes of at least 4 members (excludes halogenated alkanes) is 5. The van der Waals surface area contributed by atoms with Gasteiger partial charge in [0.25, 0.3) is 0 Å². The highest BCUT2D eigenvalue weighted by molar-refractivity contribution is 7.47. The molecule has 0 aliphatic carbocycles. The van der Waals surface area contributed by atoms with Crippen molar-refractivity contribution < 1.29 is 28.7 Å². The van der Waals surface area contributed by atoms with E-state index in [1.165, 1.54) is 19.3 Å². The minimum atomic E-state index is -4.02. The van der Waals surface area contributed by atoms with Crippen LogP contribution < -0.4 is 6.15 Å². The van der Waals surface area contributed by atoms with Gasteiger partial charge in [0.2, 0.25) is 0 Å². The summed E-state index contributed by atoms with van der Waals surface area (Å²) < 4.78 is 21.5. The lowest BCUT2D eigenvalue weighted by Gasteiger charge is -2.17. The molecule has 6 N–H and O–H groups in total. The smallest absolute Gasteiger partial charge is 0.396 e. The first-order valence-corrected chi connectivity index (χ1v) is 9.38. The zero-order valence-electron chi connectivity index (χ0n) is 13.8. The molecule has 0 saturated heterocycles. The molecule has 8 heteroatoms. The van der Waals surface area contributed by atoms with Gasteiger partial charge in [-0.2, -0.15) is 0 Å². The molecular weight excluding hydrogens is 309 g/mol. The maximum absolute atomic E-state index is 11.6. The maximum atomic E-state index is 11.6. The molecule has 0 bridgehead atoms. The summed E-state index contributed by atoms with van der Waals surface area (Å²) in [7, 11) is -4.02. The van der Waals surface area contributed by atoms with Crippen molar-refractivity contribution in [2.24, 2.45) is 5.92 Å². The molecule has 0 fully saturated rings. The van der Waals surface area contributed by atoms with Gasteiger partial charge in [-0.05, 0) is 25.2 Å². The first-order chi connectivity index (χ1) is 10.1. The van der Waals surface area contributed by atoms with Crippen LogP contribution in [0.2, 0.25) is 0 Å². The molecule has 0 aliphatic rings. The van der Waals surface area contributed by atoms with E-state index < -0.39 is 7.82 Å². The highest BCUT2D eigenvalue weighted by Gasteiger charge is 2.22. The van der Waals surface area contributed by atoms with Crippen molar-refractivity contribution in [3.8, 4) is 0 Å².